The fourth-order valence-corrected chi connectivity index (χ4v) is 1.93. The fraction of sp³-hybridized carbons (Fsp3) is 0.462. The first-order valence-corrected chi connectivity index (χ1v) is 6.07. The van der Waals surface area contributed by atoms with Crippen molar-refractivity contribution in [1.82, 2.24) is 5.32 Å². The predicted octanol–water partition coefficient (Wildman–Crippen LogP) is 0.999. The number of halogens is 1. The van der Waals surface area contributed by atoms with E-state index in [1.54, 1.807) is 18.0 Å². The Morgan fingerprint density at radius 2 is 2.28 bits per heavy atom. The predicted molar refractivity (Wildman–Crippen MR) is 68.7 cm³/mol. The molecule has 1 aliphatic carbocycles. The monoisotopic (exact) mass is 251 g/mol. The number of rotatable bonds is 6. The molecule has 0 radical (unpaired) electrons. The Labute approximate surface area is 106 Å². The van der Waals surface area contributed by atoms with Crippen molar-refractivity contribution >= 4 is 11.6 Å². The molecule has 5 heteroatoms. The van der Waals surface area contributed by atoms with Gasteiger partial charge in [-0.2, -0.15) is 0 Å². The molecular formula is C13H18FN3O. The van der Waals surface area contributed by atoms with Crippen molar-refractivity contribution in [2.45, 2.75) is 25.4 Å². The maximum absolute atomic E-state index is 13.3. The number of carbonyl (C=O) groups excluding carboxylic acids is 1. The summed E-state index contributed by atoms with van der Waals surface area (Å²) in [5, 5.41) is 3.34. The van der Waals surface area contributed by atoms with Crippen LogP contribution in [-0.4, -0.2) is 25.5 Å². The quantitative estimate of drug-likeness (QED) is 0.793. The minimum absolute atomic E-state index is 0.127. The summed E-state index contributed by atoms with van der Waals surface area (Å²) < 4.78 is 13.3. The zero-order chi connectivity index (χ0) is 13.1. The highest BCUT2D eigenvalue weighted by molar-refractivity contribution is 5.79. The molecule has 1 fully saturated rings. The van der Waals surface area contributed by atoms with Crippen LogP contribution >= 0.6 is 0 Å². The van der Waals surface area contributed by atoms with Gasteiger partial charge in [0, 0.05) is 25.3 Å². The molecule has 0 aliphatic heterocycles. The maximum atomic E-state index is 13.3. The van der Waals surface area contributed by atoms with Crippen LogP contribution in [-0.2, 0) is 11.3 Å². The van der Waals surface area contributed by atoms with E-state index >= 15 is 0 Å². The van der Waals surface area contributed by atoms with E-state index in [0.29, 0.717) is 12.6 Å². The SMILES string of the molecule is CN(CC(N)=O)c1ccc(F)cc1CNC1CC1. The number of nitrogens with one attached hydrogen (secondary N) is 1. The number of amides is 1. The number of nitrogens with zero attached hydrogens (tertiary/aromatic N) is 1. The van der Waals surface area contributed by atoms with Gasteiger partial charge in [0.15, 0.2) is 0 Å². The first kappa shape index (κ1) is 12.8. The Balaban J connectivity index is 2.12. The first-order valence-electron chi connectivity index (χ1n) is 6.07. The lowest BCUT2D eigenvalue weighted by molar-refractivity contribution is -0.116. The van der Waals surface area contributed by atoms with Gasteiger partial charge in [-0.05, 0) is 36.6 Å². The molecule has 1 amide bonds. The largest absolute Gasteiger partial charge is 0.368 e. The van der Waals surface area contributed by atoms with Crippen LogP contribution < -0.4 is 16.0 Å². The van der Waals surface area contributed by atoms with E-state index in [0.717, 1.165) is 11.3 Å². The number of benzene rings is 1. The highest BCUT2D eigenvalue weighted by Crippen LogP contribution is 2.23. The van der Waals surface area contributed by atoms with Crippen LogP contribution in [0.5, 0.6) is 0 Å². The van der Waals surface area contributed by atoms with Crippen LogP contribution in [0.25, 0.3) is 0 Å². The maximum Gasteiger partial charge on any atom is 0.236 e. The average molecular weight is 251 g/mol. The molecule has 0 bridgehead atoms. The molecular weight excluding hydrogens is 233 g/mol. The van der Waals surface area contributed by atoms with Gasteiger partial charge in [0.2, 0.25) is 5.91 Å². The lowest BCUT2D eigenvalue weighted by atomic mass is 10.1. The summed E-state index contributed by atoms with van der Waals surface area (Å²) in [5.41, 5.74) is 6.86. The Morgan fingerprint density at radius 1 is 1.56 bits per heavy atom. The van der Waals surface area contributed by atoms with Gasteiger partial charge in [0.05, 0.1) is 6.54 Å². The van der Waals surface area contributed by atoms with Gasteiger partial charge >= 0.3 is 0 Å². The highest BCUT2D eigenvalue weighted by atomic mass is 19.1. The molecule has 0 heterocycles. The van der Waals surface area contributed by atoms with Gasteiger partial charge in [-0.25, -0.2) is 4.39 Å². The highest BCUT2D eigenvalue weighted by Gasteiger charge is 2.21. The van der Waals surface area contributed by atoms with Gasteiger partial charge in [-0.15, -0.1) is 0 Å². The zero-order valence-corrected chi connectivity index (χ0v) is 10.4. The minimum Gasteiger partial charge on any atom is -0.368 e. The van der Waals surface area contributed by atoms with Gasteiger partial charge < -0.3 is 16.0 Å². The Hall–Kier alpha value is -1.62. The molecule has 1 aliphatic rings. The molecule has 1 aromatic rings. The summed E-state index contributed by atoms with van der Waals surface area (Å²) in [6.07, 6.45) is 2.36. The molecule has 0 aromatic heterocycles. The molecule has 1 saturated carbocycles. The van der Waals surface area contributed by atoms with E-state index < -0.39 is 5.91 Å². The first-order chi connectivity index (χ1) is 8.56. The third kappa shape index (κ3) is 3.43. The van der Waals surface area contributed by atoms with Crippen LogP contribution in [0.3, 0.4) is 0 Å². The molecule has 18 heavy (non-hydrogen) atoms. The van der Waals surface area contributed by atoms with Crippen LogP contribution in [0.2, 0.25) is 0 Å². The number of anilines is 1. The second kappa shape index (κ2) is 5.35. The standard InChI is InChI=1S/C13H18FN3O/c1-17(8-13(15)18)12-5-2-10(14)6-9(12)7-16-11-3-4-11/h2,5-6,11,16H,3-4,7-8H2,1H3,(H2,15,18). The van der Waals surface area contributed by atoms with Crippen molar-refractivity contribution in [1.29, 1.82) is 0 Å². The van der Waals surface area contributed by atoms with Crippen LogP contribution in [0, 0.1) is 5.82 Å². The number of carbonyl (C=O) groups is 1. The number of hydrogen-bond donors (Lipinski definition) is 2. The summed E-state index contributed by atoms with van der Waals surface area (Å²) >= 11 is 0. The summed E-state index contributed by atoms with van der Waals surface area (Å²) in [6.45, 7) is 0.739. The van der Waals surface area contributed by atoms with Crippen LogP contribution in [0.1, 0.15) is 18.4 Å². The third-order valence-corrected chi connectivity index (χ3v) is 3.00. The van der Waals surface area contributed by atoms with Crippen molar-refractivity contribution in [2.75, 3.05) is 18.5 Å². The lowest BCUT2D eigenvalue weighted by Gasteiger charge is -2.21. The van der Waals surface area contributed by atoms with Crippen molar-refractivity contribution < 1.29 is 9.18 Å². The molecule has 98 valence electrons. The number of primary amides is 1. The van der Waals surface area contributed by atoms with Crippen LogP contribution in [0.4, 0.5) is 10.1 Å². The van der Waals surface area contributed by atoms with E-state index in [1.165, 1.54) is 25.0 Å². The zero-order valence-electron chi connectivity index (χ0n) is 10.4. The molecule has 0 unspecified atom stereocenters. The molecule has 0 atom stereocenters. The normalized spacial score (nSPS) is 14.6. The molecule has 0 spiro atoms. The van der Waals surface area contributed by atoms with E-state index in [4.69, 9.17) is 5.73 Å². The Kier molecular flexibility index (Phi) is 3.81. The lowest BCUT2D eigenvalue weighted by Crippen LogP contribution is -2.31. The Morgan fingerprint density at radius 3 is 2.89 bits per heavy atom. The van der Waals surface area contributed by atoms with Gasteiger partial charge in [0.25, 0.3) is 0 Å². The summed E-state index contributed by atoms with van der Waals surface area (Å²) in [4.78, 5) is 12.7. The van der Waals surface area contributed by atoms with E-state index in [2.05, 4.69) is 5.32 Å². The summed E-state index contributed by atoms with van der Waals surface area (Å²) in [6, 6.07) is 5.14. The van der Waals surface area contributed by atoms with Gasteiger partial charge in [-0.3, -0.25) is 4.79 Å². The average Bonchev–Trinajstić information content (AvgIpc) is 3.09. The topological polar surface area (TPSA) is 58.4 Å². The van der Waals surface area contributed by atoms with Gasteiger partial charge in [0.1, 0.15) is 5.82 Å². The second-order valence-electron chi connectivity index (χ2n) is 4.75. The van der Waals surface area contributed by atoms with Crippen molar-refractivity contribution in [3.05, 3.63) is 29.6 Å². The summed E-state index contributed by atoms with van der Waals surface area (Å²) in [7, 11) is 1.78. The van der Waals surface area contributed by atoms with E-state index in [-0.39, 0.29) is 12.4 Å². The molecule has 3 N–H and O–H groups in total. The van der Waals surface area contributed by atoms with Crippen molar-refractivity contribution in [3.8, 4) is 0 Å². The second-order valence-corrected chi connectivity index (χ2v) is 4.75. The molecule has 1 aromatic carbocycles. The molecule has 0 saturated heterocycles. The smallest absolute Gasteiger partial charge is 0.236 e. The van der Waals surface area contributed by atoms with Crippen molar-refractivity contribution in [2.24, 2.45) is 5.73 Å². The van der Waals surface area contributed by atoms with E-state index in [1.807, 2.05) is 0 Å². The number of likely N-dealkylation sites (N-methyl/N-ethyl adjacent to an activating group) is 1. The Bertz CT molecular complexity index is 446. The molecule has 2 rings (SSSR count). The number of nitrogens with two attached hydrogens (primary N) is 1. The third-order valence-electron chi connectivity index (χ3n) is 3.00. The summed E-state index contributed by atoms with van der Waals surface area (Å²) in [5.74, 6) is -0.665. The number of hydrogen-bond acceptors (Lipinski definition) is 3. The molecule has 4 nitrogen and oxygen atoms in total. The van der Waals surface area contributed by atoms with Gasteiger partial charge in [-0.1, -0.05) is 0 Å². The van der Waals surface area contributed by atoms with Crippen LogP contribution in [0.15, 0.2) is 18.2 Å². The van der Waals surface area contributed by atoms with Crippen molar-refractivity contribution in [3.63, 3.8) is 0 Å². The van der Waals surface area contributed by atoms with E-state index in [9.17, 15) is 9.18 Å². The minimum atomic E-state index is -0.400. The fourth-order valence-electron chi connectivity index (χ4n) is 1.93.